The highest BCUT2D eigenvalue weighted by Gasteiger charge is 2.42. The Morgan fingerprint density at radius 1 is 1.33 bits per heavy atom. The van der Waals surface area contributed by atoms with Crippen LogP contribution in [-0.4, -0.2) is 20.9 Å². The predicted molar refractivity (Wildman–Crippen MR) is 59.7 cm³/mol. The van der Waals surface area contributed by atoms with E-state index >= 15 is 0 Å². The molecule has 2 N–H and O–H groups in total. The van der Waals surface area contributed by atoms with Crippen LogP contribution in [-0.2, 0) is 13.0 Å². The summed E-state index contributed by atoms with van der Waals surface area (Å²) in [4.78, 5) is 0. The number of alkyl halides is 3. The normalized spacial score (nSPS) is 22.1. The molecule has 102 valence electrons. The summed E-state index contributed by atoms with van der Waals surface area (Å²) in [7, 11) is 0. The molecule has 2 atom stereocenters. The summed E-state index contributed by atoms with van der Waals surface area (Å²) >= 11 is 0. The van der Waals surface area contributed by atoms with E-state index in [2.05, 4.69) is 10.2 Å². The number of nitrogens with zero attached hydrogens (tertiary/aromatic N) is 3. The van der Waals surface area contributed by atoms with Crippen molar-refractivity contribution in [2.75, 3.05) is 0 Å². The Balaban J connectivity index is 2.27. The van der Waals surface area contributed by atoms with Crippen molar-refractivity contribution in [3.8, 4) is 0 Å². The Morgan fingerprint density at radius 3 is 2.56 bits per heavy atom. The maximum Gasteiger partial charge on any atom is 0.393 e. The number of halogens is 3. The van der Waals surface area contributed by atoms with Gasteiger partial charge in [-0.3, -0.25) is 0 Å². The van der Waals surface area contributed by atoms with Gasteiger partial charge < -0.3 is 10.3 Å². The molecule has 1 aromatic heterocycles. The van der Waals surface area contributed by atoms with Crippen molar-refractivity contribution in [3.63, 3.8) is 0 Å². The Bertz CT molecular complexity index is 424. The third-order valence-corrected chi connectivity index (χ3v) is 3.45. The van der Waals surface area contributed by atoms with Crippen molar-refractivity contribution in [1.29, 1.82) is 0 Å². The molecule has 4 nitrogen and oxygen atoms in total. The first-order chi connectivity index (χ1) is 8.30. The second-order valence-electron chi connectivity index (χ2n) is 5.13. The third kappa shape index (κ3) is 2.36. The highest BCUT2D eigenvalue weighted by molar-refractivity contribution is 5.05. The SMILES string of the molecule is CC(C)C(N)c1nnc2n1CC(C(F)(F)F)CC2. The topological polar surface area (TPSA) is 56.7 Å². The Kier molecular flexibility index (Phi) is 3.35. The lowest BCUT2D eigenvalue weighted by Crippen LogP contribution is -2.34. The molecule has 2 rings (SSSR count). The molecule has 2 unspecified atom stereocenters. The van der Waals surface area contributed by atoms with Crippen molar-refractivity contribution >= 4 is 0 Å². The minimum atomic E-state index is -4.17. The largest absolute Gasteiger partial charge is 0.393 e. The van der Waals surface area contributed by atoms with E-state index in [1.165, 1.54) is 0 Å². The molecule has 1 aliphatic heterocycles. The van der Waals surface area contributed by atoms with Gasteiger partial charge in [0.2, 0.25) is 0 Å². The zero-order chi connectivity index (χ0) is 13.5. The van der Waals surface area contributed by atoms with Crippen LogP contribution in [0.2, 0.25) is 0 Å². The summed E-state index contributed by atoms with van der Waals surface area (Å²) in [6, 6.07) is -0.377. The summed E-state index contributed by atoms with van der Waals surface area (Å²) in [5, 5.41) is 7.90. The predicted octanol–water partition coefficient (Wildman–Crippen LogP) is 2.06. The fourth-order valence-corrected chi connectivity index (χ4v) is 2.16. The zero-order valence-electron chi connectivity index (χ0n) is 10.4. The maximum absolute atomic E-state index is 12.7. The van der Waals surface area contributed by atoms with Gasteiger partial charge in [0.05, 0.1) is 12.0 Å². The molecule has 0 saturated heterocycles. The van der Waals surface area contributed by atoms with Crippen LogP contribution in [0, 0.1) is 11.8 Å². The Labute approximate surface area is 103 Å². The van der Waals surface area contributed by atoms with Crippen LogP contribution in [0.5, 0.6) is 0 Å². The van der Waals surface area contributed by atoms with Crippen LogP contribution < -0.4 is 5.73 Å². The number of aryl methyl sites for hydroxylation is 1. The average molecular weight is 262 g/mol. The minimum Gasteiger partial charge on any atom is -0.321 e. The van der Waals surface area contributed by atoms with Crippen molar-refractivity contribution in [2.45, 2.75) is 45.5 Å². The quantitative estimate of drug-likeness (QED) is 0.887. The van der Waals surface area contributed by atoms with Crippen molar-refractivity contribution < 1.29 is 13.2 Å². The molecule has 0 aromatic carbocycles. The molecule has 0 spiro atoms. The van der Waals surface area contributed by atoms with Crippen LogP contribution >= 0.6 is 0 Å². The monoisotopic (exact) mass is 262 g/mol. The lowest BCUT2D eigenvalue weighted by atomic mass is 9.97. The number of aromatic nitrogens is 3. The van der Waals surface area contributed by atoms with Crippen LogP contribution in [0.25, 0.3) is 0 Å². The zero-order valence-corrected chi connectivity index (χ0v) is 10.4. The Hall–Kier alpha value is -1.11. The molecule has 0 bridgehead atoms. The molecular formula is C11H17F3N4. The molecule has 1 aliphatic rings. The van der Waals surface area contributed by atoms with E-state index in [1.54, 1.807) is 4.57 Å². The summed E-state index contributed by atoms with van der Waals surface area (Å²) < 4.78 is 39.8. The van der Waals surface area contributed by atoms with Gasteiger partial charge in [0.25, 0.3) is 0 Å². The number of fused-ring (bicyclic) bond motifs is 1. The summed E-state index contributed by atoms with van der Waals surface area (Å²) in [6.45, 7) is 3.72. The second kappa shape index (κ2) is 4.53. The van der Waals surface area contributed by atoms with Gasteiger partial charge in [0, 0.05) is 13.0 Å². The van der Waals surface area contributed by atoms with Crippen LogP contribution in [0.3, 0.4) is 0 Å². The lowest BCUT2D eigenvalue weighted by molar-refractivity contribution is -0.182. The maximum atomic E-state index is 12.7. The molecule has 0 radical (unpaired) electrons. The summed E-state index contributed by atoms with van der Waals surface area (Å²) in [5.74, 6) is -0.126. The molecule has 0 fully saturated rings. The average Bonchev–Trinajstić information content (AvgIpc) is 2.69. The van der Waals surface area contributed by atoms with E-state index in [9.17, 15) is 13.2 Å². The number of hydrogen-bond donors (Lipinski definition) is 1. The van der Waals surface area contributed by atoms with E-state index in [0.29, 0.717) is 18.1 Å². The second-order valence-corrected chi connectivity index (χ2v) is 5.13. The van der Waals surface area contributed by atoms with E-state index < -0.39 is 12.1 Å². The van der Waals surface area contributed by atoms with E-state index in [1.807, 2.05) is 13.8 Å². The van der Waals surface area contributed by atoms with Gasteiger partial charge in [-0.25, -0.2) is 0 Å². The Morgan fingerprint density at radius 2 is 2.00 bits per heavy atom. The van der Waals surface area contributed by atoms with Gasteiger partial charge in [-0.15, -0.1) is 10.2 Å². The van der Waals surface area contributed by atoms with Gasteiger partial charge in [-0.05, 0) is 12.3 Å². The molecule has 2 heterocycles. The standard InChI is InChI=1S/C11H17F3N4/c1-6(2)9(15)10-17-16-8-4-3-7(5-18(8)10)11(12,13)14/h6-7,9H,3-5,15H2,1-2H3. The van der Waals surface area contributed by atoms with E-state index in [4.69, 9.17) is 5.73 Å². The fourth-order valence-electron chi connectivity index (χ4n) is 2.16. The van der Waals surface area contributed by atoms with Gasteiger partial charge >= 0.3 is 6.18 Å². The lowest BCUT2D eigenvalue weighted by Gasteiger charge is -2.27. The summed E-state index contributed by atoms with van der Waals surface area (Å²) in [6.07, 6.45) is -3.78. The van der Waals surface area contributed by atoms with E-state index in [0.717, 1.165) is 0 Å². The highest BCUT2D eigenvalue weighted by Crippen LogP contribution is 2.35. The van der Waals surface area contributed by atoms with Crippen LogP contribution in [0.1, 0.15) is 38.0 Å². The van der Waals surface area contributed by atoms with E-state index in [-0.39, 0.29) is 24.9 Å². The van der Waals surface area contributed by atoms with Crippen molar-refractivity contribution in [3.05, 3.63) is 11.6 Å². The van der Waals surface area contributed by atoms with Gasteiger partial charge in [0.1, 0.15) is 11.6 Å². The fraction of sp³-hybridized carbons (Fsp3) is 0.818. The number of hydrogen-bond acceptors (Lipinski definition) is 3. The van der Waals surface area contributed by atoms with Crippen molar-refractivity contribution in [1.82, 2.24) is 14.8 Å². The van der Waals surface area contributed by atoms with Gasteiger partial charge in [-0.1, -0.05) is 13.8 Å². The van der Waals surface area contributed by atoms with Crippen LogP contribution in [0.15, 0.2) is 0 Å². The number of rotatable bonds is 2. The molecule has 1 aromatic rings. The van der Waals surface area contributed by atoms with Crippen LogP contribution in [0.4, 0.5) is 13.2 Å². The number of nitrogens with two attached hydrogens (primary N) is 1. The van der Waals surface area contributed by atoms with Crippen molar-refractivity contribution in [2.24, 2.45) is 17.6 Å². The van der Waals surface area contributed by atoms with Gasteiger partial charge in [0.15, 0.2) is 0 Å². The minimum absolute atomic E-state index is 0.0819. The van der Waals surface area contributed by atoms with Gasteiger partial charge in [-0.2, -0.15) is 13.2 Å². The molecule has 0 aliphatic carbocycles. The molecule has 18 heavy (non-hydrogen) atoms. The first-order valence-corrected chi connectivity index (χ1v) is 6.05. The third-order valence-electron chi connectivity index (χ3n) is 3.45. The molecule has 0 saturated carbocycles. The smallest absolute Gasteiger partial charge is 0.321 e. The molecule has 0 amide bonds. The first-order valence-electron chi connectivity index (χ1n) is 6.05. The molecular weight excluding hydrogens is 245 g/mol. The molecule has 7 heteroatoms. The first kappa shape index (κ1) is 13.3. The highest BCUT2D eigenvalue weighted by atomic mass is 19.4. The summed E-state index contributed by atoms with van der Waals surface area (Å²) in [5.41, 5.74) is 5.96.